The predicted molar refractivity (Wildman–Crippen MR) is 155 cm³/mol. The zero-order chi connectivity index (χ0) is 30.1. The lowest BCUT2D eigenvalue weighted by Crippen LogP contribution is -2.86. The number of carbonyl (C=O) groups excluding carboxylic acids is 3. The maximum atomic E-state index is 14.0. The SMILES string of the molecule is C=C[C@@]1(C)CC(=O)[C@]2(O)[C@@]3(C)[C@@H](O)CCC(C)(C)[C@@H]3[C@H](O)[C@H](OC(=O)N(C)OC(=O)N3CCC(C)CC3)[C@@]2(C)O1.Cl.O. The molecule has 13 heteroatoms. The standard InChI is InChI=1S/C29H46N2O9.ClH.H2O/c1-9-26(5)16-19(33)29(37)27(6)18(32)10-13-25(3,4)21(27)20(34)22(28(29,7)40-26)38-23(35)30(8)39-24(36)31-14-11-17(2)12-15-31;;/h9,17-18,20-22,32,34,37H,1,10-16H2,2-8H3;1H;1H2/t18-,20-,21-,22-,26-,27-,28+,29-;;/m0../s1. The number of nitrogens with zero attached hydrogens (tertiary/aromatic N) is 2. The molecule has 0 aromatic heterocycles. The fourth-order valence-corrected chi connectivity index (χ4v) is 8.07. The summed E-state index contributed by atoms with van der Waals surface area (Å²) in [6.45, 7) is 15.3. The molecule has 2 heterocycles. The molecule has 0 spiro atoms. The van der Waals surface area contributed by atoms with Crippen LogP contribution in [0.25, 0.3) is 0 Å². The Morgan fingerprint density at radius 1 is 1.12 bits per heavy atom. The highest BCUT2D eigenvalue weighted by Gasteiger charge is 2.81. The molecule has 4 rings (SSSR count). The van der Waals surface area contributed by atoms with Crippen molar-refractivity contribution in [3.8, 4) is 0 Å². The molecular weight excluding hydrogens is 572 g/mol. The molecule has 0 radical (unpaired) electrons. The van der Waals surface area contributed by atoms with Gasteiger partial charge in [-0.1, -0.05) is 33.8 Å². The monoisotopic (exact) mass is 620 g/mol. The first kappa shape index (κ1) is 36.2. The van der Waals surface area contributed by atoms with Crippen LogP contribution in [0, 0.1) is 22.7 Å². The lowest BCUT2D eigenvalue weighted by Gasteiger charge is -2.71. The van der Waals surface area contributed by atoms with Crippen LogP contribution in [0.1, 0.15) is 73.6 Å². The van der Waals surface area contributed by atoms with Crippen LogP contribution in [0.5, 0.6) is 0 Å². The molecule has 42 heavy (non-hydrogen) atoms. The Morgan fingerprint density at radius 2 is 1.69 bits per heavy atom. The number of fused-ring (bicyclic) bond motifs is 3. The van der Waals surface area contributed by atoms with Gasteiger partial charge in [0.2, 0.25) is 0 Å². The van der Waals surface area contributed by atoms with Crippen LogP contribution in [0.2, 0.25) is 0 Å². The van der Waals surface area contributed by atoms with Gasteiger partial charge < -0.3 is 40.0 Å². The Morgan fingerprint density at radius 3 is 2.24 bits per heavy atom. The van der Waals surface area contributed by atoms with E-state index in [4.69, 9.17) is 14.3 Å². The molecule has 2 saturated carbocycles. The van der Waals surface area contributed by atoms with Crippen LogP contribution in [0.15, 0.2) is 12.7 Å². The zero-order valence-electron chi connectivity index (χ0n) is 25.7. The number of likely N-dealkylation sites (tertiary alicyclic amines) is 1. The van der Waals surface area contributed by atoms with E-state index in [-0.39, 0.29) is 24.3 Å². The molecule has 0 bridgehead atoms. The summed E-state index contributed by atoms with van der Waals surface area (Å²) in [5.74, 6) is -0.963. The van der Waals surface area contributed by atoms with Crippen molar-refractivity contribution in [2.75, 3.05) is 20.1 Å². The third kappa shape index (κ3) is 5.21. The lowest BCUT2D eigenvalue weighted by molar-refractivity contribution is -0.370. The smallest absolute Gasteiger partial charge is 0.438 e. The first-order valence-corrected chi connectivity index (χ1v) is 14.2. The van der Waals surface area contributed by atoms with Gasteiger partial charge in [0.1, 0.15) is 5.60 Å². The molecule has 12 nitrogen and oxygen atoms in total. The minimum absolute atomic E-state index is 0. The zero-order valence-corrected chi connectivity index (χ0v) is 26.5. The Kier molecular flexibility index (Phi) is 10.2. The second-order valence-electron chi connectivity index (χ2n) is 13.7. The van der Waals surface area contributed by atoms with Crippen molar-refractivity contribution in [1.29, 1.82) is 0 Å². The van der Waals surface area contributed by atoms with E-state index in [1.807, 2.05) is 13.8 Å². The molecule has 2 aliphatic heterocycles. The number of hydrogen-bond donors (Lipinski definition) is 3. The maximum Gasteiger partial charge on any atom is 0.443 e. The highest BCUT2D eigenvalue weighted by Crippen LogP contribution is 2.67. The van der Waals surface area contributed by atoms with Crippen LogP contribution in [0.4, 0.5) is 9.59 Å². The number of amides is 2. The van der Waals surface area contributed by atoms with E-state index >= 15 is 0 Å². The number of ketones is 1. The van der Waals surface area contributed by atoms with E-state index < -0.39 is 69.8 Å². The van der Waals surface area contributed by atoms with Gasteiger partial charge in [0.25, 0.3) is 0 Å². The van der Waals surface area contributed by atoms with E-state index in [0.29, 0.717) is 36.9 Å². The van der Waals surface area contributed by atoms with Gasteiger partial charge in [-0.3, -0.25) is 4.79 Å². The summed E-state index contributed by atoms with van der Waals surface area (Å²) in [4.78, 5) is 46.8. The third-order valence-corrected chi connectivity index (χ3v) is 10.5. The highest BCUT2D eigenvalue weighted by molar-refractivity contribution is 5.92. The van der Waals surface area contributed by atoms with Crippen molar-refractivity contribution in [1.82, 2.24) is 9.96 Å². The Bertz CT molecular complexity index is 1070. The van der Waals surface area contributed by atoms with Crippen molar-refractivity contribution < 1.29 is 49.5 Å². The molecule has 8 atom stereocenters. The molecule has 2 aliphatic carbocycles. The third-order valence-electron chi connectivity index (χ3n) is 10.5. The number of aliphatic hydroxyl groups is 3. The van der Waals surface area contributed by atoms with Crippen LogP contribution >= 0.6 is 12.4 Å². The number of ether oxygens (including phenoxy) is 2. The Hall–Kier alpha value is -1.96. The number of carbonyl (C=O) groups is 3. The average molecular weight is 621 g/mol. The molecule has 242 valence electrons. The summed E-state index contributed by atoms with van der Waals surface area (Å²) in [5.41, 5.74) is -7.76. The van der Waals surface area contributed by atoms with Crippen molar-refractivity contribution in [3.05, 3.63) is 12.7 Å². The number of hydroxylamine groups is 2. The van der Waals surface area contributed by atoms with E-state index in [0.717, 1.165) is 12.8 Å². The largest absolute Gasteiger partial charge is 0.443 e. The number of rotatable bonds is 2. The number of piperidine rings is 1. The number of hydrogen-bond acceptors (Lipinski definition) is 9. The second-order valence-corrected chi connectivity index (χ2v) is 13.7. The van der Waals surface area contributed by atoms with Crippen LogP contribution < -0.4 is 0 Å². The first-order chi connectivity index (χ1) is 18.4. The highest BCUT2D eigenvalue weighted by atomic mass is 35.5. The Labute approximate surface area is 254 Å². The first-order valence-electron chi connectivity index (χ1n) is 14.2. The van der Waals surface area contributed by atoms with Gasteiger partial charge in [-0.25, -0.2) is 9.59 Å². The maximum absolute atomic E-state index is 14.0. The molecule has 4 fully saturated rings. The predicted octanol–water partition coefficient (Wildman–Crippen LogP) is 2.41. The molecule has 2 saturated heterocycles. The summed E-state index contributed by atoms with van der Waals surface area (Å²) in [6, 6.07) is 0. The van der Waals surface area contributed by atoms with Crippen LogP contribution in [-0.4, -0.2) is 104 Å². The molecule has 0 aromatic rings. The fourth-order valence-electron chi connectivity index (χ4n) is 8.07. The van der Waals surface area contributed by atoms with Gasteiger partial charge in [0, 0.05) is 30.8 Å². The lowest BCUT2D eigenvalue weighted by atomic mass is 9.40. The molecule has 4 aliphatic rings. The quantitative estimate of drug-likeness (QED) is 0.309. The number of Topliss-reactive ketones (excluding diaryl/α,β-unsaturated/α-hetero) is 1. The summed E-state index contributed by atoms with van der Waals surface area (Å²) in [7, 11) is 1.22. The summed E-state index contributed by atoms with van der Waals surface area (Å²) in [5, 5.41) is 36.4. The topological polar surface area (TPSA) is 178 Å². The van der Waals surface area contributed by atoms with Gasteiger partial charge in [0.15, 0.2) is 17.5 Å². The molecule has 0 aromatic carbocycles. The minimum atomic E-state index is -2.34. The van der Waals surface area contributed by atoms with E-state index in [1.54, 1.807) is 13.8 Å². The summed E-state index contributed by atoms with van der Waals surface area (Å²) >= 11 is 0. The van der Waals surface area contributed by atoms with Crippen molar-refractivity contribution in [3.63, 3.8) is 0 Å². The van der Waals surface area contributed by atoms with Crippen molar-refractivity contribution in [2.24, 2.45) is 22.7 Å². The summed E-state index contributed by atoms with van der Waals surface area (Å²) in [6.07, 6.45) is -2.29. The average Bonchev–Trinajstić information content (AvgIpc) is 2.87. The van der Waals surface area contributed by atoms with Crippen LogP contribution in [0.3, 0.4) is 0 Å². The number of aliphatic hydroxyl groups excluding tert-OH is 2. The van der Waals surface area contributed by atoms with Crippen molar-refractivity contribution in [2.45, 2.75) is 109 Å². The second kappa shape index (κ2) is 11.9. The van der Waals surface area contributed by atoms with Gasteiger partial charge in [-0.05, 0) is 50.9 Å². The van der Waals surface area contributed by atoms with Gasteiger partial charge in [0.05, 0.1) is 24.9 Å². The van der Waals surface area contributed by atoms with Gasteiger partial charge >= 0.3 is 12.2 Å². The van der Waals surface area contributed by atoms with E-state index in [9.17, 15) is 29.7 Å². The fraction of sp³-hybridized carbons (Fsp3) is 0.828. The number of halogens is 1. The molecular formula is C29H49ClN2O10. The van der Waals surface area contributed by atoms with E-state index in [2.05, 4.69) is 13.5 Å². The van der Waals surface area contributed by atoms with Gasteiger partial charge in [-0.15, -0.1) is 24.0 Å². The normalized spacial score (nSPS) is 41.2. The molecule has 0 unspecified atom stereocenters. The van der Waals surface area contributed by atoms with E-state index in [1.165, 1.54) is 24.9 Å². The molecule has 2 amide bonds. The summed E-state index contributed by atoms with van der Waals surface area (Å²) < 4.78 is 12.2. The Balaban J connectivity index is 0.00000308. The minimum Gasteiger partial charge on any atom is -0.438 e. The molecule has 5 N–H and O–H groups in total. The van der Waals surface area contributed by atoms with Crippen LogP contribution in [-0.2, 0) is 19.1 Å². The van der Waals surface area contributed by atoms with Gasteiger partial charge in [-0.2, -0.15) is 0 Å². The van der Waals surface area contributed by atoms with Crippen molar-refractivity contribution >= 4 is 30.4 Å².